The third-order valence-corrected chi connectivity index (χ3v) is 6.71. The number of aliphatic hydroxyl groups excluding tert-OH is 1. The smallest absolute Gasteiger partial charge is 0.431 e. The number of carbonyl (C=O) groups is 2. The first kappa shape index (κ1) is 27.5. The summed E-state index contributed by atoms with van der Waals surface area (Å²) in [5.74, 6) is -1.40. The Bertz CT molecular complexity index is 1160. The Labute approximate surface area is 224 Å². The third-order valence-electron chi connectivity index (χ3n) is 6.71. The van der Waals surface area contributed by atoms with Crippen molar-refractivity contribution in [3.05, 3.63) is 108 Å². The van der Waals surface area contributed by atoms with E-state index in [0.29, 0.717) is 13.0 Å². The molecule has 0 saturated carbocycles. The summed E-state index contributed by atoms with van der Waals surface area (Å²) in [7, 11) is 0. The van der Waals surface area contributed by atoms with Crippen LogP contribution in [0.1, 0.15) is 30.5 Å². The zero-order valence-electron chi connectivity index (χ0n) is 22.0. The molecule has 1 fully saturated rings. The van der Waals surface area contributed by atoms with Crippen molar-refractivity contribution >= 4 is 12.0 Å². The number of hydrogen-bond acceptors (Lipinski definition) is 6. The van der Waals surface area contributed by atoms with Gasteiger partial charge in [-0.3, -0.25) is 4.79 Å². The van der Waals surface area contributed by atoms with E-state index >= 15 is 0 Å². The summed E-state index contributed by atoms with van der Waals surface area (Å²) in [5.41, 5.74) is 2.94. The lowest BCUT2D eigenvalue weighted by molar-refractivity contribution is -0.173. The Morgan fingerprint density at radius 3 is 2.05 bits per heavy atom. The summed E-state index contributed by atoms with van der Waals surface area (Å²) >= 11 is 0. The number of aliphatic hydroxyl groups is 1. The van der Waals surface area contributed by atoms with Gasteiger partial charge in [0.25, 0.3) is 5.91 Å². The predicted molar refractivity (Wildman–Crippen MR) is 145 cm³/mol. The van der Waals surface area contributed by atoms with E-state index in [1.165, 1.54) is 0 Å². The Hall–Kier alpha value is -3.52. The van der Waals surface area contributed by atoms with Crippen molar-refractivity contribution in [3.63, 3.8) is 0 Å². The number of rotatable bonds is 11. The molecule has 1 saturated heterocycles. The van der Waals surface area contributed by atoms with Gasteiger partial charge in [0, 0.05) is 6.04 Å². The normalized spacial score (nSPS) is 17.7. The molecule has 7 heteroatoms. The molecule has 3 aromatic carbocycles. The summed E-state index contributed by atoms with van der Waals surface area (Å²) < 4.78 is 11.3. The molecule has 200 valence electrons. The van der Waals surface area contributed by atoms with Crippen molar-refractivity contribution < 1.29 is 24.2 Å². The summed E-state index contributed by atoms with van der Waals surface area (Å²) in [6.07, 6.45) is -0.970. The van der Waals surface area contributed by atoms with Gasteiger partial charge in [0.1, 0.15) is 6.61 Å². The van der Waals surface area contributed by atoms with E-state index in [4.69, 9.17) is 9.47 Å². The molecule has 1 heterocycles. The number of benzene rings is 3. The Morgan fingerprint density at radius 1 is 0.921 bits per heavy atom. The molecule has 0 aliphatic carbocycles. The fraction of sp³-hybridized carbons (Fsp3) is 0.355. The van der Waals surface area contributed by atoms with Crippen LogP contribution in [0.4, 0.5) is 4.79 Å². The Balaban J connectivity index is 1.56. The van der Waals surface area contributed by atoms with E-state index < -0.39 is 24.0 Å². The first-order chi connectivity index (χ1) is 18.4. The fourth-order valence-corrected chi connectivity index (χ4v) is 4.86. The van der Waals surface area contributed by atoms with E-state index in [1.807, 2.05) is 105 Å². The molecule has 1 N–H and O–H groups in total. The van der Waals surface area contributed by atoms with Gasteiger partial charge in [-0.2, -0.15) is 10.0 Å². The van der Waals surface area contributed by atoms with E-state index in [1.54, 1.807) is 5.01 Å². The van der Waals surface area contributed by atoms with Crippen molar-refractivity contribution in [1.29, 1.82) is 0 Å². The highest BCUT2D eigenvalue weighted by atomic mass is 16.6. The van der Waals surface area contributed by atoms with E-state index in [0.717, 1.165) is 21.7 Å². The van der Waals surface area contributed by atoms with E-state index in [9.17, 15) is 14.7 Å². The van der Waals surface area contributed by atoms with Gasteiger partial charge in [-0.15, -0.1) is 0 Å². The number of carbonyl (C=O) groups excluding carboxylic acids is 2. The highest BCUT2D eigenvalue weighted by Crippen LogP contribution is 2.26. The van der Waals surface area contributed by atoms with Gasteiger partial charge in [-0.25, -0.2) is 4.79 Å². The van der Waals surface area contributed by atoms with Crippen LogP contribution in [0.25, 0.3) is 0 Å². The minimum absolute atomic E-state index is 0.0455. The second-order valence-electron chi connectivity index (χ2n) is 9.91. The predicted octanol–water partition coefficient (Wildman–Crippen LogP) is 4.64. The monoisotopic (exact) mass is 516 g/mol. The van der Waals surface area contributed by atoms with Crippen LogP contribution >= 0.6 is 0 Å². The molecule has 38 heavy (non-hydrogen) atoms. The molecule has 1 aliphatic rings. The van der Waals surface area contributed by atoms with Crippen molar-refractivity contribution in [2.75, 3.05) is 13.2 Å². The topological polar surface area (TPSA) is 79.3 Å². The number of ether oxygens (including phenoxy) is 2. The van der Waals surface area contributed by atoms with Gasteiger partial charge in [0.15, 0.2) is 0 Å². The van der Waals surface area contributed by atoms with Crippen molar-refractivity contribution in [2.24, 2.45) is 5.92 Å². The molecule has 7 nitrogen and oxygen atoms in total. The van der Waals surface area contributed by atoms with Gasteiger partial charge in [-0.1, -0.05) is 91.0 Å². The second-order valence-corrected chi connectivity index (χ2v) is 9.91. The third kappa shape index (κ3) is 7.07. The van der Waals surface area contributed by atoms with Crippen molar-refractivity contribution in [1.82, 2.24) is 10.0 Å². The maximum atomic E-state index is 14.1. The molecule has 3 atom stereocenters. The number of amides is 2. The Morgan fingerprint density at radius 2 is 1.47 bits per heavy atom. The van der Waals surface area contributed by atoms with Gasteiger partial charge in [0.2, 0.25) is 0 Å². The molecular weight excluding hydrogens is 480 g/mol. The number of hydrogen-bond donors (Lipinski definition) is 1. The number of imide groups is 1. The quantitative estimate of drug-likeness (QED) is 0.400. The van der Waals surface area contributed by atoms with Crippen LogP contribution in [-0.2, 0) is 33.7 Å². The lowest BCUT2D eigenvalue weighted by atomic mass is 9.93. The molecule has 3 aromatic rings. The molecule has 0 unspecified atom stereocenters. The largest absolute Gasteiger partial charge is 0.446 e. The van der Waals surface area contributed by atoms with Crippen LogP contribution in [0.2, 0.25) is 0 Å². The second kappa shape index (κ2) is 13.3. The summed E-state index contributed by atoms with van der Waals surface area (Å²) in [6.45, 7) is 4.34. The summed E-state index contributed by atoms with van der Waals surface area (Å²) in [5, 5.41) is 14.1. The lowest BCUT2D eigenvalue weighted by Crippen LogP contribution is -2.64. The van der Waals surface area contributed by atoms with Crippen molar-refractivity contribution in [2.45, 2.75) is 51.5 Å². The standard InChI is InChI=1S/C31H36N2O5/c1-23(2)32-27(18-24-12-6-3-7-13-24)21-38-31(36)33(32)30(35)28(19-25-14-8-4-9-15-25)29(34)22-37-20-26-16-10-5-11-17-26/h3-17,23,27-29,34H,18-22H2,1-2H3/t27-,28-,29+/m0/s1. The lowest BCUT2D eigenvalue weighted by Gasteiger charge is -2.45. The maximum absolute atomic E-state index is 14.1. The van der Waals surface area contributed by atoms with Crippen molar-refractivity contribution in [3.8, 4) is 0 Å². The summed E-state index contributed by atoms with van der Waals surface area (Å²) in [4.78, 5) is 27.1. The molecule has 0 aromatic heterocycles. The molecule has 2 amide bonds. The molecule has 4 rings (SSSR count). The zero-order chi connectivity index (χ0) is 26.9. The SMILES string of the molecule is CC(C)N1[C@@H](Cc2ccccc2)COC(=O)N1C(=O)[C@@H](Cc1ccccc1)[C@H](O)COCc1ccccc1. The fourth-order valence-electron chi connectivity index (χ4n) is 4.86. The number of hydrazine groups is 1. The molecule has 0 spiro atoms. The number of cyclic esters (lactones) is 1. The first-order valence-corrected chi connectivity index (χ1v) is 13.1. The first-order valence-electron chi connectivity index (χ1n) is 13.1. The van der Waals surface area contributed by atoms with Gasteiger partial charge < -0.3 is 14.6 Å². The molecular formula is C31H36N2O5. The van der Waals surface area contributed by atoms with E-state index in [2.05, 4.69) is 0 Å². The highest BCUT2D eigenvalue weighted by molar-refractivity contribution is 5.93. The maximum Gasteiger partial charge on any atom is 0.431 e. The van der Waals surface area contributed by atoms with Crippen LogP contribution in [0.3, 0.4) is 0 Å². The van der Waals surface area contributed by atoms with Crippen LogP contribution < -0.4 is 0 Å². The van der Waals surface area contributed by atoms with E-state index in [-0.39, 0.29) is 31.7 Å². The Kier molecular flexibility index (Phi) is 9.65. The molecule has 0 bridgehead atoms. The minimum Gasteiger partial charge on any atom is -0.446 e. The van der Waals surface area contributed by atoms with Crippen LogP contribution in [0, 0.1) is 5.92 Å². The highest BCUT2D eigenvalue weighted by Gasteiger charge is 2.44. The summed E-state index contributed by atoms with van der Waals surface area (Å²) in [6, 6.07) is 28.7. The average molecular weight is 517 g/mol. The van der Waals surface area contributed by atoms with Gasteiger partial charge in [-0.05, 0) is 43.4 Å². The minimum atomic E-state index is -1.12. The van der Waals surface area contributed by atoms with Crippen LogP contribution in [0.15, 0.2) is 91.0 Å². The molecule has 0 radical (unpaired) electrons. The average Bonchev–Trinajstić information content (AvgIpc) is 2.93. The van der Waals surface area contributed by atoms with Crippen LogP contribution in [0.5, 0.6) is 0 Å². The van der Waals surface area contributed by atoms with Crippen LogP contribution in [-0.4, -0.2) is 58.5 Å². The van der Waals surface area contributed by atoms with Gasteiger partial charge >= 0.3 is 6.09 Å². The zero-order valence-corrected chi connectivity index (χ0v) is 22.0. The van der Waals surface area contributed by atoms with Gasteiger partial charge in [0.05, 0.1) is 31.3 Å². The number of nitrogens with zero attached hydrogens (tertiary/aromatic N) is 2. The molecule has 1 aliphatic heterocycles.